The predicted molar refractivity (Wildman–Crippen MR) is 199 cm³/mol. The minimum atomic E-state index is -0.104. The zero-order valence-corrected chi connectivity index (χ0v) is 31.3. The summed E-state index contributed by atoms with van der Waals surface area (Å²) in [4.78, 5) is 0. The first-order valence-corrected chi connectivity index (χ1v) is 17.4. The van der Waals surface area contributed by atoms with Crippen LogP contribution in [0.2, 0.25) is 0 Å². The molecular formula is C42H68N2O. The molecule has 3 nitrogen and oxygen atoms in total. The van der Waals surface area contributed by atoms with Crippen molar-refractivity contribution in [3.05, 3.63) is 88.3 Å². The Balaban J connectivity index is 1.69. The summed E-state index contributed by atoms with van der Waals surface area (Å²) < 4.78 is 0. The number of rotatable bonds is 15. The number of unbranched alkanes of at least 4 members (excludes halogenated alkanes) is 3. The highest BCUT2D eigenvalue weighted by Crippen LogP contribution is 2.40. The maximum atomic E-state index is 11.0. The lowest BCUT2D eigenvalue weighted by Crippen LogP contribution is -2.18. The van der Waals surface area contributed by atoms with E-state index in [1.54, 1.807) is 0 Å². The van der Waals surface area contributed by atoms with Crippen molar-refractivity contribution in [2.75, 3.05) is 13.1 Å². The maximum Gasteiger partial charge on any atom is 0.123 e. The summed E-state index contributed by atoms with van der Waals surface area (Å²) in [6.45, 7) is 37.4. The van der Waals surface area contributed by atoms with Crippen molar-refractivity contribution in [2.45, 2.75) is 156 Å². The topological polar surface area (TPSA) is 44.3 Å². The molecule has 0 aliphatic rings. The molecule has 0 amide bonds. The molecule has 0 radical (unpaired) electrons. The van der Waals surface area contributed by atoms with E-state index in [4.69, 9.17) is 0 Å². The van der Waals surface area contributed by atoms with E-state index in [0.717, 1.165) is 67.7 Å². The fourth-order valence-corrected chi connectivity index (χ4v) is 5.59. The molecule has 2 rings (SSSR count). The van der Waals surface area contributed by atoms with Crippen LogP contribution >= 0.6 is 0 Å². The first-order chi connectivity index (χ1) is 20.6. The second-order valence-electron chi connectivity index (χ2n) is 17.4. The van der Waals surface area contributed by atoms with Crippen LogP contribution in [0.15, 0.2) is 54.9 Å². The minimum absolute atomic E-state index is 0.104. The molecule has 0 heterocycles. The third-order valence-electron chi connectivity index (χ3n) is 8.80. The highest BCUT2D eigenvalue weighted by molar-refractivity contribution is 5.50. The summed E-state index contributed by atoms with van der Waals surface area (Å²) in [7, 11) is 0. The molecule has 0 aliphatic carbocycles. The zero-order valence-electron chi connectivity index (χ0n) is 31.3. The van der Waals surface area contributed by atoms with Gasteiger partial charge in [-0.15, -0.1) is 0 Å². The first kappa shape index (κ1) is 38.5. The van der Waals surface area contributed by atoms with Gasteiger partial charge in [0.05, 0.1) is 0 Å². The van der Waals surface area contributed by atoms with E-state index < -0.39 is 0 Å². The third-order valence-corrected chi connectivity index (χ3v) is 8.80. The SMILES string of the molecule is C=C(CCc1cc(C(C)(C)C)cc(C(C)(C)C)c1)NCCCCCCNC(=C)CCc1cc(C(C)(C)C)c(O)c(C(C)(C)C)c1. The van der Waals surface area contributed by atoms with Crippen LogP contribution in [-0.4, -0.2) is 18.2 Å². The van der Waals surface area contributed by atoms with Crippen molar-refractivity contribution < 1.29 is 5.11 Å². The van der Waals surface area contributed by atoms with Gasteiger partial charge >= 0.3 is 0 Å². The van der Waals surface area contributed by atoms with Gasteiger partial charge in [-0.25, -0.2) is 0 Å². The molecule has 3 N–H and O–H groups in total. The molecule has 0 bridgehead atoms. The molecule has 2 aromatic carbocycles. The van der Waals surface area contributed by atoms with Gasteiger partial charge in [-0.2, -0.15) is 0 Å². The van der Waals surface area contributed by atoms with E-state index in [9.17, 15) is 5.11 Å². The largest absolute Gasteiger partial charge is 0.507 e. The van der Waals surface area contributed by atoms with E-state index in [0.29, 0.717) is 5.75 Å². The summed E-state index contributed by atoms with van der Waals surface area (Å²) in [6, 6.07) is 11.6. The summed E-state index contributed by atoms with van der Waals surface area (Å²) in [5, 5.41) is 18.1. The number of allylic oxidation sites excluding steroid dienone is 2. The Labute approximate surface area is 278 Å². The van der Waals surface area contributed by atoms with Gasteiger partial charge in [0.15, 0.2) is 0 Å². The quantitative estimate of drug-likeness (QED) is 0.174. The van der Waals surface area contributed by atoms with Crippen molar-refractivity contribution in [3.8, 4) is 5.75 Å². The minimum Gasteiger partial charge on any atom is -0.507 e. The molecular weight excluding hydrogens is 548 g/mol. The van der Waals surface area contributed by atoms with Gasteiger partial charge in [0.2, 0.25) is 0 Å². The molecule has 45 heavy (non-hydrogen) atoms. The van der Waals surface area contributed by atoms with E-state index in [1.807, 2.05) is 0 Å². The van der Waals surface area contributed by atoms with Crippen LogP contribution < -0.4 is 10.6 Å². The smallest absolute Gasteiger partial charge is 0.123 e. The summed E-state index contributed by atoms with van der Waals surface area (Å²) in [5.41, 5.74) is 9.91. The van der Waals surface area contributed by atoms with E-state index in [2.05, 4.69) is 137 Å². The Kier molecular flexibility index (Phi) is 13.5. The predicted octanol–water partition coefficient (Wildman–Crippen LogP) is 10.9. The van der Waals surface area contributed by atoms with Crippen molar-refractivity contribution in [3.63, 3.8) is 0 Å². The Morgan fingerprint density at radius 1 is 0.533 bits per heavy atom. The van der Waals surface area contributed by atoms with Crippen LogP contribution in [0.4, 0.5) is 0 Å². The normalized spacial score (nSPS) is 12.7. The van der Waals surface area contributed by atoms with Gasteiger partial charge in [0.1, 0.15) is 5.75 Å². The fourth-order valence-electron chi connectivity index (χ4n) is 5.59. The Morgan fingerprint density at radius 2 is 0.889 bits per heavy atom. The molecule has 2 aromatic rings. The van der Waals surface area contributed by atoms with Crippen molar-refractivity contribution in [1.82, 2.24) is 10.6 Å². The Bertz CT molecular complexity index is 1200. The summed E-state index contributed by atoms with van der Waals surface area (Å²) in [5.74, 6) is 0.451. The van der Waals surface area contributed by atoms with Crippen LogP contribution in [0.5, 0.6) is 5.75 Å². The van der Waals surface area contributed by atoms with Crippen LogP contribution in [-0.2, 0) is 34.5 Å². The number of phenols is 1. The standard InChI is InChI=1S/C42H68N2O/c1-30(19-21-32-25-34(39(3,4)5)29-35(26-32)40(6,7)8)43-23-17-15-16-18-24-44-31(2)20-22-33-27-36(41(9,10)11)38(45)37(28-33)42(12,13)14/h25-29,43-45H,1-2,15-24H2,3-14H3. The number of aryl methyl sites for hydroxylation is 2. The van der Waals surface area contributed by atoms with Crippen molar-refractivity contribution in [1.29, 1.82) is 0 Å². The average Bonchev–Trinajstić information content (AvgIpc) is 2.90. The number of aromatic hydroxyl groups is 1. The molecule has 0 saturated carbocycles. The molecule has 0 saturated heterocycles. The van der Waals surface area contributed by atoms with Crippen LogP contribution in [0.1, 0.15) is 155 Å². The van der Waals surface area contributed by atoms with Gasteiger partial charge in [0.25, 0.3) is 0 Å². The number of hydrogen-bond donors (Lipinski definition) is 3. The monoisotopic (exact) mass is 617 g/mol. The summed E-state index contributed by atoms with van der Waals surface area (Å²) >= 11 is 0. The van der Waals surface area contributed by atoms with Gasteiger partial charge in [0, 0.05) is 24.5 Å². The lowest BCUT2D eigenvalue weighted by Gasteiger charge is -2.28. The lowest BCUT2D eigenvalue weighted by atomic mass is 9.78. The second-order valence-corrected chi connectivity index (χ2v) is 17.4. The van der Waals surface area contributed by atoms with Gasteiger partial charge in [-0.1, -0.05) is 139 Å². The van der Waals surface area contributed by atoms with Gasteiger partial charge < -0.3 is 15.7 Å². The number of hydrogen-bond acceptors (Lipinski definition) is 3. The highest BCUT2D eigenvalue weighted by Gasteiger charge is 2.26. The molecule has 0 unspecified atom stereocenters. The fraction of sp³-hybridized carbons (Fsp3) is 0.619. The van der Waals surface area contributed by atoms with Crippen LogP contribution in [0, 0.1) is 0 Å². The van der Waals surface area contributed by atoms with Crippen LogP contribution in [0.25, 0.3) is 0 Å². The molecule has 0 spiro atoms. The summed E-state index contributed by atoms with van der Waals surface area (Å²) in [6.07, 6.45) is 8.58. The second kappa shape index (κ2) is 15.7. The third kappa shape index (κ3) is 12.9. The molecule has 252 valence electrons. The molecule has 0 atom stereocenters. The highest BCUT2D eigenvalue weighted by atomic mass is 16.3. The van der Waals surface area contributed by atoms with Crippen molar-refractivity contribution in [2.24, 2.45) is 0 Å². The number of nitrogens with one attached hydrogen (secondary N) is 2. The molecule has 0 fully saturated rings. The Hall–Kier alpha value is -2.68. The van der Waals surface area contributed by atoms with Gasteiger partial charge in [-0.3, -0.25) is 0 Å². The maximum absolute atomic E-state index is 11.0. The average molecular weight is 617 g/mol. The van der Waals surface area contributed by atoms with Gasteiger partial charge in [-0.05, 0) is 93.6 Å². The molecule has 0 aliphatic heterocycles. The number of benzene rings is 2. The first-order valence-electron chi connectivity index (χ1n) is 17.4. The molecule has 3 heteroatoms. The van der Waals surface area contributed by atoms with E-state index in [-0.39, 0.29) is 21.7 Å². The van der Waals surface area contributed by atoms with Crippen LogP contribution in [0.3, 0.4) is 0 Å². The van der Waals surface area contributed by atoms with Crippen molar-refractivity contribution >= 4 is 0 Å². The number of phenolic OH excluding ortho intramolecular Hbond substituents is 1. The zero-order chi connectivity index (χ0) is 34.2. The lowest BCUT2D eigenvalue weighted by molar-refractivity contribution is 0.422. The van der Waals surface area contributed by atoms with E-state index in [1.165, 1.54) is 41.5 Å². The Morgan fingerprint density at radius 3 is 1.22 bits per heavy atom. The molecule has 0 aromatic heterocycles. The van der Waals surface area contributed by atoms with E-state index >= 15 is 0 Å².